The summed E-state index contributed by atoms with van der Waals surface area (Å²) in [6.45, 7) is 2.43. The summed E-state index contributed by atoms with van der Waals surface area (Å²) in [7, 11) is 0. The van der Waals surface area contributed by atoms with Crippen LogP contribution in [-0.4, -0.2) is 41.1 Å². The Morgan fingerprint density at radius 3 is 2.62 bits per heavy atom. The first kappa shape index (κ1) is 28.5. The van der Waals surface area contributed by atoms with E-state index in [1.807, 2.05) is 18.2 Å². The smallest absolute Gasteiger partial charge is 0.293 e. The predicted molar refractivity (Wildman–Crippen MR) is 139 cm³/mol. The second-order valence-corrected chi connectivity index (χ2v) is 7.15. The van der Waals surface area contributed by atoms with Crippen LogP contribution < -0.4 is 27.7 Å². The third kappa shape index (κ3) is 7.82. The lowest BCUT2D eigenvalue weighted by Gasteiger charge is -2.13. The topological polar surface area (TPSA) is 150 Å². The molecule has 34 heavy (non-hydrogen) atoms. The molecule has 2 aromatic carbocycles. The van der Waals surface area contributed by atoms with Gasteiger partial charge in [-0.1, -0.05) is 42.5 Å². The molecule has 10 nitrogen and oxygen atoms in total. The first-order valence-electron chi connectivity index (χ1n) is 10.2. The molecular weight excluding hydrogens is 481 g/mol. The van der Waals surface area contributed by atoms with Gasteiger partial charge in [0.1, 0.15) is 13.2 Å². The zero-order valence-electron chi connectivity index (χ0n) is 18.7. The van der Waals surface area contributed by atoms with E-state index in [0.29, 0.717) is 12.2 Å². The number of nitrogens with one attached hydrogen (secondary N) is 2. The van der Waals surface area contributed by atoms with Crippen molar-refractivity contribution >= 4 is 53.3 Å². The Balaban J connectivity index is 0.00000289. The molecule has 3 rings (SSSR count). The molecule has 12 heteroatoms. The zero-order chi connectivity index (χ0) is 22.9. The molecule has 0 radical (unpaired) electrons. The van der Waals surface area contributed by atoms with Gasteiger partial charge >= 0.3 is 0 Å². The van der Waals surface area contributed by atoms with E-state index in [1.54, 1.807) is 13.1 Å². The Bertz CT molecular complexity index is 1180. The second-order valence-electron chi connectivity index (χ2n) is 7.15. The average Bonchev–Trinajstić information content (AvgIpc) is 2.78. The highest BCUT2D eigenvalue weighted by atomic mass is 35.5. The summed E-state index contributed by atoms with van der Waals surface area (Å²) in [4.78, 5) is 34.0. The lowest BCUT2D eigenvalue weighted by molar-refractivity contribution is -0.122. The molecule has 0 atom stereocenters. The molecule has 0 saturated carbocycles. The number of benzene rings is 2. The summed E-state index contributed by atoms with van der Waals surface area (Å²) >= 11 is 0. The molecule has 1 amide bonds. The maximum Gasteiger partial charge on any atom is 0.293 e. The van der Waals surface area contributed by atoms with E-state index in [4.69, 9.17) is 16.3 Å². The summed E-state index contributed by atoms with van der Waals surface area (Å²) in [5, 5.41) is 11.5. The number of hydrogen-bond acceptors (Lipinski definition) is 6. The van der Waals surface area contributed by atoms with Crippen molar-refractivity contribution in [1.82, 2.24) is 14.9 Å². The lowest BCUT2D eigenvalue weighted by Crippen LogP contribution is -2.36. The van der Waals surface area contributed by atoms with Gasteiger partial charge in [0.25, 0.3) is 5.56 Å². The molecule has 0 aliphatic rings. The number of rotatable bonds is 10. The number of fused-ring (bicyclic) bond motifs is 1. The van der Waals surface area contributed by atoms with Gasteiger partial charge in [0, 0.05) is 18.4 Å². The van der Waals surface area contributed by atoms with Gasteiger partial charge in [-0.2, -0.15) is 0 Å². The monoisotopic (exact) mass is 509 g/mol. The van der Waals surface area contributed by atoms with Crippen LogP contribution in [0.1, 0.15) is 11.3 Å². The molecular formula is C22H29Cl2N7O3. The molecule has 0 spiro atoms. The highest BCUT2D eigenvalue weighted by molar-refractivity contribution is 5.86. The SMILES string of the molecule is Cc1cnc(NCCc2cccc3ccccc23)c(=O)n1CC(=O)NCCON=C(N)N.Cl.Cl. The van der Waals surface area contributed by atoms with E-state index in [9.17, 15) is 9.59 Å². The van der Waals surface area contributed by atoms with Crippen molar-refractivity contribution in [2.75, 3.05) is 25.0 Å². The normalized spacial score (nSPS) is 9.91. The Morgan fingerprint density at radius 2 is 1.85 bits per heavy atom. The number of nitrogens with two attached hydrogens (primary N) is 2. The van der Waals surface area contributed by atoms with Crippen molar-refractivity contribution in [3.63, 3.8) is 0 Å². The molecule has 0 aliphatic heterocycles. The van der Waals surface area contributed by atoms with Crippen LogP contribution in [0.25, 0.3) is 10.8 Å². The first-order chi connectivity index (χ1) is 15.5. The van der Waals surface area contributed by atoms with Crippen LogP contribution in [0.5, 0.6) is 0 Å². The minimum absolute atomic E-state index is 0. The maximum atomic E-state index is 12.8. The van der Waals surface area contributed by atoms with E-state index < -0.39 is 0 Å². The minimum Gasteiger partial charge on any atom is -0.391 e. The molecule has 1 heterocycles. The van der Waals surface area contributed by atoms with E-state index in [-0.39, 0.29) is 67.8 Å². The third-order valence-corrected chi connectivity index (χ3v) is 4.81. The van der Waals surface area contributed by atoms with Crippen molar-refractivity contribution in [2.24, 2.45) is 16.6 Å². The number of nitrogens with zero attached hydrogens (tertiary/aromatic N) is 3. The van der Waals surface area contributed by atoms with Crippen LogP contribution in [0.3, 0.4) is 0 Å². The molecule has 0 bridgehead atoms. The van der Waals surface area contributed by atoms with Crippen LogP contribution in [0, 0.1) is 6.92 Å². The molecule has 0 fully saturated rings. The van der Waals surface area contributed by atoms with Crippen molar-refractivity contribution in [2.45, 2.75) is 19.9 Å². The number of guanidine groups is 1. The third-order valence-electron chi connectivity index (χ3n) is 4.81. The number of aryl methyl sites for hydroxylation is 1. The molecule has 0 unspecified atom stereocenters. The Kier molecular flexibility index (Phi) is 11.7. The van der Waals surface area contributed by atoms with Crippen LogP contribution >= 0.6 is 24.8 Å². The number of aromatic nitrogens is 2. The summed E-state index contributed by atoms with van der Waals surface area (Å²) in [6, 6.07) is 14.4. The fraction of sp³-hybridized carbons (Fsp3) is 0.273. The van der Waals surface area contributed by atoms with Gasteiger partial charge in [0.05, 0.1) is 6.54 Å². The molecule has 1 aromatic heterocycles. The van der Waals surface area contributed by atoms with E-state index in [1.165, 1.54) is 20.9 Å². The van der Waals surface area contributed by atoms with Gasteiger partial charge in [-0.15, -0.1) is 24.8 Å². The average molecular weight is 510 g/mol. The summed E-state index contributed by atoms with van der Waals surface area (Å²) in [5.41, 5.74) is 11.7. The van der Waals surface area contributed by atoms with Crippen molar-refractivity contribution < 1.29 is 9.63 Å². The number of carbonyl (C=O) groups excluding carboxylic acids is 1. The number of amides is 1. The maximum absolute atomic E-state index is 12.8. The number of anilines is 1. The summed E-state index contributed by atoms with van der Waals surface area (Å²) < 4.78 is 1.37. The van der Waals surface area contributed by atoms with E-state index in [0.717, 1.165) is 6.42 Å². The van der Waals surface area contributed by atoms with Gasteiger partial charge in [0.15, 0.2) is 5.82 Å². The van der Waals surface area contributed by atoms with Gasteiger partial charge in [-0.25, -0.2) is 4.98 Å². The van der Waals surface area contributed by atoms with Crippen LogP contribution in [0.4, 0.5) is 5.82 Å². The number of carbonyl (C=O) groups is 1. The molecule has 184 valence electrons. The number of hydrogen-bond donors (Lipinski definition) is 4. The summed E-state index contributed by atoms with van der Waals surface area (Å²) in [6.07, 6.45) is 2.30. The van der Waals surface area contributed by atoms with Gasteiger partial charge < -0.3 is 26.9 Å². The second kappa shape index (κ2) is 13.9. The van der Waals surface area contributed by atoms with Gasteiger partial charge in [-0.05, 0) is 34.8 Å². The first-order valence-corrected chi connectivity index (χ1v) is 10.2. The van der Waals surface area contributed by atoms with Gasteiger partial charge in [0.2, 0.25) is 11.9 Å². The Morgan fingerprint density at radius 1 is 1.12 bits per heavy atom. The van der Waals surface area contributed by atoms with Crippen molar-refractivity contribution in [3.05, 3.63) is 70.3 Å². The van der Waals surface area contributed by atoms with Gasteiger partial charge in [-0.3, -0.25) is 14.2 Å². The molecule has 3 aromatic rings. The fourth-order valence-electron chi connectivity index (χ4n) is 3.27. The fourth-order valence-corrected chi connectivity index (χ4v) is 3.27. The standard InChI is InChI=1S/C22H27N7O3.2ClH/c1-15-13-27-20(21(31)29(15)14-19(30)25-11-12-32-28-22(23)24)26-10-9-17-7-4-6-16-5-2-3-8-18(16)17;;/h2-8,13H,9-12,14H2,1H3,(H,25,30)(H,26,27)(H4,23,24,28);2*1H. The highest BCUT2D eigenvalue weighted by Crippen LogP contribution is 2.18. The van der Waals surface area contributed by atoms with Crippen LogP contribution in [0.15, 0.2) is 58.6 Å². The predicted octanol–water partition coefficient (Wildman–Crippen LogP) is 1.52. The van der Waals surface area contributed by atoms with E-state index in [2.05, 4.69) is 45.0 Å². The highest BCUT2D eigenvalue weighted by Gasteiger charge is 2.11. The van der Waals surface area contributed by atoms with E-state index >= 15 is 0 Å². The largest absolute Gasteiger partial charge is 0.391 e. The zero-order valence-corrected chi connectivity index (χ0v) is 20.3. The molecule has 6 N–H and O–H groups in total. The lowest BCUT2D eigenvalue weighted by atomic mass is 10.0. The number of halogens is 2. The van der Waals surface area contributed by atoms with Crippen LogP contribution in [-0.2, 0) is 22.6 Å². The summed E-state index contributed by atoms with van der Waals surface area (Å²) in [5.74, 6) is -0.327. The Labute approximate surface area is 209 Å². The van der Waals surface area contributed by atoms with Crippen molar-refractivity contribution in [1.29, 1.82) is 0 Å². The Hall–Kier alpha value is -3.50. The minimum atomic E-state index is -0.352. The number of oxime groups is 1. The van der Waals surface area contributed by atoms with Crippen LogP contribution in [0.2, 0.25) is 0 Å². The molecule has 0 saturated heterocycles. The van der Waals surface area contributed by atoms with Crippen molar-refractivity contribution in [3.8, 4) is 0 Å². The quantitative estimate of drug-likeness (QED) is 0.140. The molecule has 0 aliphatic carbocycles.